The highest BCUT2D eigenvalue weighted by atomic mass is 16.6. The predicted molar refractivity (Wildman–Crippen MR) is 395 cm³/mol. The minimum absolute atomic E-state index is 0.0418. The fourth-order valence-corrected chi connectivity index (χ4v) is 12.1. The van der Waals surface area contributed by atoms with Crippen LogP contribution in [-0.2, 0) is 69.6 Å². The molecule has 4 N–H and O–H groups in total. The molecule has 10 aromatic rings. The topological polar surface area (TPSA) is 243 Å². The van der Waals surface area contributed by atoms with E-state index in [0.717, 1.165) is 90.0 Å². The average Bonchev–Trinajstić information content (AvgIpc) is 1.55. The molecule has 0 spiro atoms. The van der Waals surface area contributed by atoms with E-state index >= 15 is 0 Å². The number of ether oxygens (including phenoxy) is 10. The van der Waals surface area contributed by atoms with Crippen LogP contribution in [0.25, 0.3) is 33.4 Å². The number of hydrogen-bond donors (Lipinski definition) is 4. The summed E-state index contributed by atoms with van der Waals surface area (Å²) in [5, 5.41) is 11.1. The van der Waals surface area contributed by atoms with Crippen molar-refractivity contribution in [1.29, 1.82) is 0 Å². The lowest BCUT2D eigenvalue weighted by Crippen LogP contribution is -2.35. The van der Waals surface area contributed by atoms with Gasteiger partial charge in [0, 0.05) is 49.5 Å². The second-order valence-corrected chi connectivity index (χ2v) is 24.0. The van der Waals surface area contributed by atoms with Gasteiger partial charge in [0.15, 0.2) is 12.2 Å². The Morgan fingerprint density at radius 2 is 0.686 bits per heavy atom. The molecule has 0 saturated heterocycles. The second kappa shape index (κ2) is 37.0. The van der Waals surface area contributed by atoms with Crippen molar-refractivity contribution in [3.8, 4) is 56.4 Å². The van der Waals surface area contributed by atoms with Crippen LogP contribution in [0.15, 0.2) is 280 Å². The van der Waals surface area contributed by atoms with E-state index in [1.165, 1.54) is 0 Å². The first kappa shape index (κ1) is 73.1. The predicted octanol–water partition coefficient (Wildman–Crippen LogP) is 14.8. The molecule has 4 amide bonds. The molecule has 0 saturated carbocycles. The zero-order valence-electron chi connectivity index (χ0n) is 57.5. The van der Waals surface area contributed by atoms with Gasteiger partial charge < -0.3 is 68.6 Å². The van der Waals surface area contributed by atoms with Gasteiger partial charge in [0.25, 0.3) is 0 Å². The van der Waals surface area contributed by atoms with Gasteiger partial charge in [-0.2, -0.15) is 0 Å². The average molecular weight is 1410 g/mol. The summed E-state index contributed by atoms with van der Waals surface area (Å²) < 4.78 is 57.2. The fraction of sp³-hybridized carbons (Fsp3) is 0.176. The Balaban J connectivity index is 0.723. The molecule has 0 aliphatic heterocycles. The monoisotopic (exact) mass is 1410 g/mol. The number of benzene rings is 10. The molecule has 1 aliphatic rings. The lowest BCUT2D eigenvalue weighted by molar-refractivity contribution is -0.142. The summed E-state index contributed by atoms with van der Waals surface area (Å²) >= 11 is 0. The van der Waals surface area contributed by atoms with E-state index in [2.05, 4.69) is 107 Å². The molecule has 20 heteroatoms. The van der Waals surface area contributed by atoms with Crippen LogP contribution in [0.3, 0.4) is 0 Å². The number of alkyl carbamates (subject to hydrolysis) is 4. The highest BCUT2D eigenvalue weighted by Gasteiger charge is 2.46. The third-order valence-electron chi connectivity index (χ3n) is 16.9. The Morgan fingerprint density at radius 3 is 1.07 bits per heavy atom. The SMILES string of the molecule is C=CC(=O)OCC(COc1ccccc1)OC(=O)NCc1cccc(CNC(=O)OCCOc2ccc(C3(c4ccc(OCCOC(=O)NCc5cccc(CNC(=O)OC(COC(=O)C=C)COc6ccccc6)c5)c(-c5ccccc5)c4)c4ccccc4-c4ccccc43)cc2-c2ccccc2)c1. The minimum atomic E-state index is -0.909. The maximum atomic E-state index is 13.2. The molecule has 20 nitrogen and oxygen atoms in total. The number of carbonyl (C=O) groups excluding carboxylic acids is 6. The largest absolute Gasteiger partial charge is 0.490 e. The normalized spacial score (nSPS) is 12.0. The van der Waals surface area contributed by atoms with Crippen LogP contribution in [0.5, 0.6) is 23.0 Å². The van der Waals surface area contributed by atoms with Crippen molar-refractivity contribution in [3.05, 3.63) is 325 Å². The van der Waals surface area contributed by atoms with Crippen molar-refractivity contribution < 1.29 is 76.1 Å². The molecule has 0 heterocycles. The molecule has 105 heavy (non-hydrogen) atoms. The van der Waals surface area contributed by atoms with Crippen molar-refractivity contribution in [2.24, 2.45) is 0 Å². The maximum Gasteiger partial charge on any atom is 0.407 e. The highest BCUT2D eigenvalue weighted by molar-refractivity contribution is 5.88. The lowest BCUT2D eigenvalue weighted by Gasteiger charge is -2.35. The molecular formula is C85H78N4O16. The zero-order valence-corrected chi connectivity index (χ0v) is 57.5. The van der Waals surface area contributed by atoms with Gasteiger partial charge in [0.1, 0.15) is 75.9 Å². The Bertz CT molecular complexity index is 4330. The van der Waals surface area contributed by atoms with Gasteiger partial charge in [-0.1, -0.05) is 219 Å². The molecule has 10 aromatic carbocycles. The van der Waals surface area contributed by atoms with E-state index in [1.54, 1.807) is 60.7 Å². The minimum Gasteiger partial charge on any atom is -0.490 e. The molecule has 1 aliphatic carbocycles. The molecular weight excluding hydrogens is 1330 g/mol. The smallest absolute Gasteiger partial charge is 0.407 e. The van der Waals surface area contributed by atoms with Crippen molar-refractivity contribution >= 4 is 36.3 Å². The molecule has 0 fully saturated rings. The van der Waals surface area contributed by atoms with Gasteiger partial charge >= 0.3 is 36.3 Å². The van der Waals surface area contributed by atoms with Gasteiger partial charge in [-0.05, 0) is 115 Å². The quantitative estimate of drug-likeness (QED) is 0.0127. The van der Waals surface area contributed by atoms with E-state index in [-0.39, 0.29) is 79.0 Å². The Labute approximate surface area is 608 Å². The molecule has 0 aromatic heterocycles. The summed E-state index contributed by atoms with van der Waals surface area (Å²) in [4.78, 5) is 75.8. The van der Waals surface area contributed by atoms with Crippen molar-refractivity contribution in [2.45, 2.75) is 43.8 Å². The summed E-state index contributed by atoms with van der Waals surface area (Å²) in [6.07, 6.45) is -2.57. The number of nitrogens with one attached hydrogen (secondary N) is 4. The van der Waals surface area contributed by atoms with Crippen LogP contribution in [0.1, 0.15) is 44.5 Å². The molecule has 0 bridgehead atoms. The van der Waals surface area contributed by atoms with Gasteiger partial charge in [-0.3, -0.25) is 0 Å². The molecule has 534 valence electrons. The molecule has 2 unspecified atom stereocenters. The van der Waals surface area contributed by atoms with Crippen LogP contribution in [0.2, 0.25) is 0 Å². The fourth-order valence-electron chi connectivity index (χ4n) is 12.1. The first-order valence-corrected chi connectivity index (χ1v) is 34.1. The van der Waals surface area contributed by atoms with E-state index in [9.17, 15) is 28.8 Å². The van der Waals surface area contributed by atoms with Crippen LogP contribution in [0.4, 0.5) is 19.2 Å². The second-order valence-electron chi connectivity index (χ2n) is 24.0. The first-order chi connectivity index (χ1) is 51.4. The summed E-state index contributed by atoms with van der Waals surface area (Å²) in [5.74, 6) is 0.945. The van der Waals surface area contributed by atoms with E-state index in [4.69, 9.17) is 47.4 Å². The molecule has 0 radical (unpaired) electrons. The van der Waals surface area contributed by atoms with E-state index in [0.29, 0.717) is 23.0 Å². The number of hydrogen-bond acceptors (Lipinski definition) is 16. The van der Waals surface area contributed by atoms with Crippen LogP contribution < -0.4 is 40.2 Å². The third kappa shape index (κ3) is 20.1. The third-order valence-corrected chi connectivity index (χ3v) is 16.9. The summed E-state index contributed by atoms with van der Waals surface area (Å²) in [7, 11) is 0. The zero-order chi connectivity index (χ0) is 73.0. The number of esters is 2. The Kier molecular flexibility index (Phi) is 25.8. The maximum absolute atomic E-state index is 13.2. The van der Waals surface area contributed by atoms with Gasteiger partial charge in [0.05, 0.1) is 5.41 Å². The Hall–Kier alpha value is -13.1. The van der Waals surface area contributed by atoms with Crippen LogP contribution in [0, 0.1) is 0 Å². The summed E-state index contributed by atoms with van der Waals surface area (Å²) in [5.41, 5.74) is 11.9. The lowest BCUT2D eigenvalue weighted by atomic mass is 9.67. The van der Waals surface area contributed by atoms with E-state index in [1.807, 2.05) is 121 Å². The number of carbonyl (C=O) groups is 6. The van der Waals surface area contributed by atoms with Crippen molar-refractivity contribution in [2.75, 3.05) is 52.9 Å². The van der Waals surface area contributed by atoms with Crippen molar-refractivity contribution in [3.63, 3.8) is 0 Å². The molecule has 2 atom stereocenters. The van der Waals surface area contributed by atoms with E-state index < -0.39 is 53.9 Å². The standard InChI is InChI=1S/C85H78N4O16/c1-3-79(90)102-57-69(55-100-67-31-13-7-14-32-67)104-83(94)88-53-61-25-21-23-59(47-61)51-86-81(92)98-45-43-96-77-41-39-65(49-73(77)63-27-9-5-10-28-63)85(75-37-19-17-35-71(75)72-36-18-20-38-76(72)85)66-40-42-78(74(50-66)64-29-11-6-12-30-64)97-44-46-99-82(93)87-52-60-24-22-26-62(48-60)54-89-84(95)105-70(58-103-80(91)4-2)56-101-68-33-15-8-16-34-68/h3-42,47-50,69-70H,1-2,43-46,51-58H2,(H,86,92)(H,87,93)(H,88,94)(H,89,95). The number of fused-ring (bicyclic) bond motifs is 3. The Morgan fingerprint density at radius 1 is 0.333 bits per heavy atom. The number of amides is 4. The van der Waals surface area contributed by atoms with Gasteiger partial charge in [-0.25, -0.2) is 28.8 Å². The molecule has 11 rings (SSSR count). The highest BCUT2D eigenvalue weighted by Crippen LogP contribution is 2.57. The number of para-hydroxylation sites is 2. The first-order valence-electron chi connectivity index (χ1n) is 34.1. The van der Waals surface area contributed by atoms with Gasteiger partial charge in [0.2, 0.25) is 0 Å². The van der Waals surface area contributed by atoms with Crippen molar-refractivity contribution in [1.82, 2.24) is 21.3 Å². The van der Waals surface area contributed by atoms with Gasteiger partial charge in [-0.15, -0.1) is 0 Å². The summed E-state index contributed by atoms with van der Waals surface area (Å²) in [6.45, 7) is 6.66. The summed E-state index contributed by atoms with van der Waals surface area (Å²) in [6, 6.07) is 82.0. The van der Waals surface area contributed by atoms with Crippen LogP contribution in [-0.4, -0.2) is 101 Å². The number of rotatable bonds is 34. The van der Waals surface area contributed by atoms with Crippen LogP contribution >= 0.6 is 0 Å².